The monoisotopic (exact) mass is 359 g/mol. The number of carbonyl (C=O) groups excluding carboxylic acids is 2. The van der Waals surface area contributed by atoms with Crippen LogP contribution in [-0.4, -0.2) is 58.8 Å². The van der Waals surface area contributed by atoms with E-state index in [9.17, 15) is 9.59 Å². The molecule has 3 rings (SSSR count). The summed E-state index contributed by atoms with van der Waals surface area (Å²) in [6.45, 7) is 9.88. The van der Waals surface area contributed by atoms with E-state index in [2.05, 4.69) is 33.9 Å². The minimum Gasteiger partial charge on any atom is -0.343 e. The molecule has 0 bridgehead atoms. The maximum absolute atomic E-state index is 12.8. The second kappa shape index (κ2) is 7.54. The van der Waals surface area contributed by atoms with Crippen molar-refractivity contribution in [3.63, 3.8) is 0 Å². The summed E-state index contributed by atoms with van der Waals surface area (Å²) in [6.07, 6.45) is 0. The molecular weight excluding hydrogens is 334 g/mol. The van der Waals surface area contributed by atoms with Crippen LogP contribution in [0.25, 0.3) is 0 Å². The molecule has 134 valence electrons. The summed E-state index contributed by atoms with van der Waals surface area (Å²) < 4.78 is 2.22. The predicted octanol–water partition coefficient (Wildman–Crippen LogP) is 2.56. The first kappa shape index (κ1) is 17.9. The Morgan fingerprint density at radius 1 is 1.16 bits per heavy atom. The van der Waals surface area contributed by atoms with Crippen LogP contribution >= 0.6 is 11.3 Å². The maximum Gasteiger partial charge on any atom is 0.219 e. The van der Waals surface area contributed by atoms with Gasteiger partial charge in [-0.25, -0.2) is 0 Å². The van der Waals surface area contributed by atoms with Gasteiger partial charge in [0.05, 0.1) is 13.1 Å². The van der Waals surface area contributed by atoms with E-state index in [0.717, 1.165) is 36.6 Å². The Morgan fingerprint density at radius 2 is 1.88 bits per heavy atom. The van der Waals surface area contributed by atoms with Crippen molar-refractivity contribution in [3.8, 4) is 0 Å². The zero-order chi connectivity index (χ0) is 18.0. The van der Waals surface area contributed by atoms with Crippen LogP contribution in [-0.2, 0) is 11.3 Å². The Hall–Kier alpha value is -1.92. The molecule has 1 aliphatic heterocycles. The fraction of sp³-hybridized carbons (Fsp3) is 0.474. The lowest BCUT2D eigenvalue weighted by Gasteiger charge is -2.33. The zero-order valence-electron chi connectivity index (χ0n) is 15.1. The minimum atomic E-state index is 0.114. The molecule has 0 atom stereocenters. The molecule has 0 radical (unpaired) electrons. The van der Waals surface area contributed by atoms with Crippen LogP contribution in [0.5, 0.6) is 0 Å². The Morgan fingerprint density at radius 3 is 2.48 bits per heavy atom. The first-order valence-electron chi connectivity index (χ1n) is 8.66. The molecule has 1 aliphatic rings. The van der Waals surface area contributed by atoms with E-state index < -0.39 is 0 Å². The molecular formula is C19H25N3O2S. The van der Waals surface area contributed by atoms with Gasteiger partial charge in [-0.2, -0.15) is 0 Å². The SMILES string of the molecule is CC(=O)N1CCN(CC(=O)c2cc(C)n(Cc3cccs3)c2C)CC1. The third-order valence-corrected chi connectivity index (χ3v) is 5.81. The largest absolute Gasteiger partial charge is 0.343 e. The van der Waals surface area contributed by atoms with E-state index in [1.807, 2.05) is 17.9 Å². The summed E-state index contributed by atoms with van der Waals surface area (Å²) in [4.78, 5) is 29.5. The number of hydrogen-bond donors (Lipinski definition) is 0. The maximum atomic E-state index is 12.8. The van der Waals surface area contributed by atoms with Gasteiger partial charge in [0.2, 0.25) is 5.91 Å². The number of carbonyl (C=O) groups is 2. The van der Waals surface area contributed by atoms with E-state index in [1.165, 1.54) is 4.88 Å². The minimum absolute atomic E-state index is 0.114. The summed E-state index contributed by atoms with van der Waals surface area (Å²) in [6, 6.07) is 6.19. The molecule has 3 heterocycles. The summed E-state index contributed by atoms with van der Waals surface area (Å²) in [5.74, 6) is 0.282. The van der Waals surface area contributed by atoms with E-state index in [-0.39, 0.29) is 11.7 Å². The molecule has 0 unspecified atom stereocenters. The number of hydrogen-bond acceptors (Lipinski definition) is 4. The van der Waals surface area contributed by atoms with E-state index in [1.54, 1.807) is 18.3 Å². The van der Waals surface area contributed by atoms with Crippen molar-refractivity contribution in [1.82, 2.24) is 14.4 Å². The quantitative estimate of drug-likeness (QED) is 0.771. The number of Topliss-reactive ketones (excluding diaryl/α,β-unsaturated/α-hetero) is 1. The molecule has 0 spiro atoms. The van der Waals surface area contributed by atoms with Crippen LogP contribution in [0.15, 0.2) is 23.6 Å². The highest BCUT2D eigenvalue weighted by Crippen LogP contribution is 2.20. The Balaban J connectivity index is 1.66. The van der Waals surface area contributed by atoms with Crippen molar-refractivity contribution in [3.05, 3.63) is 45.4 Å². The smallest absolute Gasteiger partial charge is 0.219 e. The Kier molecular flexibility index (Phi) is 5.39. The fourth-order valence-electron chi connectivity index (χ4n) is 3.39. The summed E-state index contributed by atoms with van der Waals surface area (Å²) in [5, 5.41) is 2.08. The van der Waals surface area contributed by atoms with Crippen LogP contribution in [0.3, 0.4) is 0 Å². The first-order valence-corrected chi connectivity index (χ1v) is 9.54. The fourth-order valence-corrected chi connectivity index (χ4v) is 4.09. The van der Waals surface area contributed by atoms with Crippen LogP contribution in [0.4, 0.5) is 0 Å². The molecule has 2 aromatic heterocycles. The van der Waals surface area contributed by atoms with Crippen molar-refractivity contribution in [2.45, 2.75) is 27.3 Å². The highest BCUT2D eigenvalue weighted by molar-refractivity contribution is 7.09. The summed E-state index contributed by atoms with van der Waals surface area (Å²) >= 11 is 1.74. The second-order valence-corrected chi connectivity index (χ2v) is 7.69. The lowest BCUT2D eigenvalue weighted by molar-refractivity contribution is -0.130. The van der Waals surface area contributed by atoms with Crippen molar-refractivity contribution in [2.75, 3.05) is 32.7 Å². The van der Waals surface area contributed by atoms with E-state index in [4.69, 9.17) is 0 Å². The van der Waals surface area contributed by atoms with Gasteiger partial charge in [0.1, 0.15) is 0 Å². The number of amides is 1. The van der Waals surface area contributed by atoms with Gasteiger partial charge in [-0.05, 0) is 31.4 Å². The van der Waals surface area contributed by atoms with Crippen LogP contribution in [0.2, 0.25) is 0 Å². The summed E-state index contributed by atoms with van der Waals surface area (Å²) in [5.41, 5.74) is 2.98. The number of thiophene rings is 1. The van der Waals surface area contributed by atoms with Gasteiger partial charge >= 0.3 is 0 Å². The lowest BCUT2D eigenvalue weighted by atomic mass is 10.1. The molecule has 0 N–H and O–H groups in total. The van der Waals surface area contributed by atoms with Gasteiger partial charge < -0.3 is 9.47 Å². The van der Waals surface area contributed by atoms with Gasteiger partial charge in [-0.15, -0.1) is 11.3 Å². The Labute approximate surface area is 152 Å². The highest BCUT2D eigenvalue weighted by atomic mass is 32.1. The van der Waals surface area contributed by atoms with Crippen LogP contribution in [0.1, 0.15) is 33.5 Å². The summed E-state index contributed by atoms with van der Waals surface area (Å²) in [7, 11) is 0. The van der Waals surface area contributed by atoms with E-state index >= 15 is 0 Å². The highest BCUT2D eigenvalue weighted by Gasteiger charge is 2.23. The van der Waals surface area contributed by atoms with Crippen molar-refractivity contribution in [1.29, 1.82) is 0 Å². The molecule has 0 aromatic carbocycles. The molecule has 6 heteroatoms. The van der Waals surface area contributed by atoms with Gasteiger partial charge in [0, 0.05) is 54.9 Å². The lowest BCUT2D eigenvalue weighted by Crippen LogP contribution is -2.49. The molecule has 2 aromatic rings. The van der Waals surface area contributed by atoms with Crippen molar-refractivity contribution < 1.29 is 9.59 Å². The first-order chi connectivity index (χ1) is 12.0. The van der Waals surface area contributed by atoms with Crippen molar-refractivity contribution in [2.24, 2.45) is 0 Å². The molecule has 1 amide bonds. The standard InChI is InChI=1S/C19H25N3O2S/c1-14-11-18(15(2)22(14)12-17-5-4-10-25-17)19(24)13-20-6-8-21(9-7-20)16(3)23/h4-5,10-11H,6-9,12-13H2,1-3H3. The average Bonchev–Trinajstić information content (AvgIpc) is 3.19. The third kappa shape index (κ3) is 4.02. The topological polar surface area (TPSA) is 45.6 Å². The molecule has 0 saturated carbocycles. The molecule has 1 fully saturated rings. The average molecular weight is 359 g/mol. The normalized spacial score (nSPS) is 15.6. The molecule has 5 nitrogen and oxygen atoms in total. The number of aromatic nitrogens is 1. The number of nitrogens with zero attached hydrogens (tertiary/aromatic N) is 3. The van der Waals surface area contributed by atoms with E-state index in [0.29, 0.717) is 19.6 Å². The number of ketones is 1. The van der Waals surface area contributed by atoms with Gasteiger partial charge in [0.25, 0.3) is 0 Å². The second-order valence-electron chi connectivity index (χ2n) is 6.66. The van der Waals surface area contributed by atoms with Crippen LogP contribution < -0.4 is 0 Å². The van der Waals surface area contributed by atoms with Gasteiger partial charge in [-0.1, -0.05) is 6.07 Å². The number of piperazine rings is 1. The predicted molar refractivity (Wildman–Crippen MR) is 100 cm³/mol. The molecule has 0 aliphatic carbocycles. The third-order valence-electron chi connectivity index (χ3n) is 4.95. The van der Waals surface area contributed by atoms with Crippen molar-refractivity contribution >= 4 is 23.0 Å². The van der Waals surface area contributed by atoms with Crippen LogP contribution in [0, 0.1) is 13.8 Å². The molecule has 1 saturated heterocycles. The van der Waals surface area contributed by atoms with Gasteiger partial charge in [0.15, 0.2) is 5.78 Å². The number of aryl methyl sites for hydroxylation is 1. The molecule has 25 heavy (non-hydrogen) atoms. The zero-order valence-corrected chi connectivity index (χ0v) is 15.9. The van der Waals surface area contributed by atoms with Gasteiger partial charge in [-0.3, -0.25) is 14.5 Å². The number of rotatable bonds is 5. The Bertz CT molecular complexity index is 756.